The summed E-state index contributed by atoms with van der Waals surface area (Å²) in [6.45, 7) is 5.06. The summed E-state index contributed by atoms with van der Waals surface area (Å²) in [5.41, 5.74) is 0.567. The standard InChI is InChI=1S/C15H20N4O3S/c1-2-15(20)19-9-7-18(8-10-19)11-14-16-12-5-3-4-6-13(12)23(21,22)17-14/h3-6H,2,7-11H2,1H3,(H,16,17). The third-order valence-corrected chi connectivity index (χ3v) is 5.45. The van der Waals surface area contributed by atoms with Crippen molar-refractivity contribution in [1.82, 2.24) is 9.80 Å². The van der Waals surface area contributed by atoms with E-state index in [0.717, 1.165) is 0 Å². The lowest BCUT2D eigenvalue weighted by molar-refractivity contribution is -0.132. The Bertz CT molecular complexity index is 737. The fraction of sp³-hybridized carbons (Fsp3) is 0.467. The highest BCUT2D eigenvalue weighted by molar-refractivity contribution is 7.90. The van der Waals surface area contributed by atoms with Crippen molar-refractivity contribution in [2.24, 2.45) is 4.40 Å². The summed E-state index contributed by atoms with van der Waals surface area (Å²) in [5, 5.41) is 3.09. The van der Waals surface area contributed by atoms with Crippen LogP contribution in [0.4, 0.5) is 5.69 Å². The zero-order valence-corrected chi connectivity index (χ0v) is 13.8. The summed E-state index contributed by atoms with van der Waals surface area (Å²) >= 11 is 0. The van der Waals surface area contributed by atoms with Crippen molar-refractivity contribution in [2.45, 2.75) is 18.2 Å². The number of para-hydroxylation sites is 1. The van der Waals surface area contributed by atoms with E-state index in [-0.39, 0.29) is 10.8 Å². The Morgan fingerprint density at radius 2 is 1.91 bits per heavy atom. The number of anilines is 1. The predicted molar refractivity (Wildman–Crippen MR) is 88.0 cm³/mol. The second-order valence-electron chi connectivity index (χ2n) is 5.64. The van der Waals surface area contributed by atoms with Gasteiger partial charge in [0.15, 0.2) is 0 Å². The van der Waals surface area contributed by atoms with Crippen LogP contribution in [0.2, 0.25) is 0 Å². The predicted octanol–water partition coefficient (Wildman–Crippen LogP) is 0.753. The molecular formula is C15H20N4O3S. The van der Waals surface area contributed by atoms with Gasteiger partial charge in [0.2, 0.25) is 5.91 Å². The second-order valence-corrected chi connectivity index (χ2v) is 7.22. The first kappa shape index (κ1) is 15.9. The zero-order valence-electron chi connectivity index (χ0n) is 13.0. The SMILES string of the molecule is CCC(=O)N1CCN(CC2=NS(=O)(=O)c3ccccc3N2)CC1. The van der Waals surface area contributed by atoms with Gasteiger partial charge in [-0.05, 0) is 12.1 Å². The molecule has 0 aliphatic carbocycles. The number of nitrogens with one attached hydrogen (secondary N) is 1. The molecule has 1 fully saturated rings. The number of rotatable bonds is 3. The van der Waals surface area contributed by atoms with Crippen LogP contribution in [0.1, 0.15) is 13.3 Å². The molecule has 0 unspecified atom stereocenters. The van der Waals surface area contributed by atoms with Crippen molar-refractivity contribution in [3.8, 4) is 0 Å². The molecule has 3 rings (SSSR count). The Hall–Kier alpha value is -1.93. The fourth-order valence-corrected chi connectivity index (χ4v) is 3.97. The Morgan fingerprint density at radius 3 is 2.61 bits per heavy atom. The molecule has 1 amide bonds. The van der Waals surface area contributed by atoms with Crippen molar-refractivity contribution in [3.63, 3.8) is 0 Å². The van der Waals surface area contributed by atoms with Crippen LogP contribution < -0.4 is 5.32 Å². The van der Waals surface area contributed by atoms with Crippen molar-refractivity contribution in [1.29, 1.82) is 0 Å². The van der Waals surface area contributed by atoms with Gasteiger partial charge in [-0.3, -0.25) is 9.69 Å². The van der Waals surface area contributed by atoms with Gasteiger partial charge in [-0.15, -0.1) is 4.40 Å². The fourth-order valence-electron chi connectivity index (χ4n) is 2.83. The number of piperazine rings is 1. The highest BCUT2D eigenvalue weighted by Gasteiger charge is 2.26. The summed E-state index contributed by atoms with van der Waals surface area (Å²) in [7, 11) is -3.64. The van der Waals surface area contributed by atoms with Crippen molar-refractivity contribution in [3.05, 3.63) is 24.3 Å². The molecule has 2 aliphatic heterocycles. The first-order valence-corrected chi connectivity index (χ1v) is 9.13. The quantitative estimate of drug-likeness (QED) is 0.881. The minimum Gasteiger partial charge on any atom is -0.341 e. The third-order valence-electron chi connectivity index (χ3n) is 4.08. The average Bonchev–Trinajstić information content (AvgIpc) is 2.54. The second kappa shape index (κ2) is 6.29. The molecule has 0 radical (unpaired) electrons. The molecule has 23 heavy (non-hydrogen) atoms. The Morgan fingerprint density at radius 1 is 1.22 bits per heavy atom. The van der Waals surface area contributed by atoms with Gasteiger partial charge < -0.3 is 10.2 Å². The monoisotopic (exact) mass is 336 g/mol. The smallest absolute Gasteiger partial charge is 0.286 e. The van der Waals surface area contributed by atoms with Gasteiger partial charge in [0.25, 0.3) is 10.0 Å². The highest BCUT2D eigenvalue weighted by Crippen LogP contribution is 2.26. The molecule has 0 aromatic heterocycles. The number of amidine groups is 1. The van der Waals surface area contributed by atoms with Crippen LogP contribution in [0.25, 0.3) is 0 Å². The van der Waals surface area contributed by atoms with E-state index in [4.69, 9.17) is 0 Å². The van der Waals surface area contributed by atoms with Crippen LogP contribution in [0.15, 0.2) is 33.6 Å². The van der Waals surface area contributed by atoms with Gasteiger partial charge in [0.1, 0.15) is 10.7 Å². The van der Waals surface area contributed by atoms with Gasteiger partial charge in [-0.1, -0.05) is 19.1 Å². The van der Waals surface area contributed by atoms with E-state index in [1.54, 1.807) is 24.3 Å². The van der Waals surface area contributed by atoms with Gasteiger partial charge in [-0.2, -0.15) is 8.42 Å². The number of fused-ring (bicyclic) bond motifs is 1. The van der Waals surface area contributed by atoms with Crippen LogP contribution in [0, 0.1) is 0 Å². The number of carbonyl (C=O) groups is 1. The normalized spacial score (nSPS) is 20.4. The number of hydrogen-bond donors (Lipinski definition) is 1. The lowest BCUT2D eigenvalue weighted by Crippen LogP contribution is -2.50. The molecule has 1 aromatic rings. The molecule has 7 nitrogen and oxygen atoms in total. The number of hydrogen-bond acceptors (Lipinski definition) is 5. The van der Waals surface area contributed by atoms with E-state index in [2.05, 4.69) is 14.6 Å². The molecule has 2 aliphatic rings. The van der Waals surface area contributed by atoms with Crippen molar-refractivity contribution >= 4 is 27.5 Å². The minimum atomic E-state index is -3.64. The molecule has 1 saturated heterocycles. The topological polar surface area (TPSA) is 82.1 Å². The molecule has 8 heteroatoms. The highest BCUT2D eigenvalue weighted by atomic mass is 32.2. The maximum absolute atomic E-state index is 12.2. The van der Waals surface area contributed by atoms with E-state index in [9.17, 15) is 13.2 Å². The summed E-state index contributed by atoms with van der Waals surface area (Å²) in [5.74, 6) is 0.591. The number of amides is 1. The largest absolute Gasteiger partial charge is 0.341 e. The zero-order chi connectivity index (χ0) is 16.4. The first-order valence-electron chi connectivity index (χ1n) is 7.69. The van der Waals surface area contributed by atoms with Crippen LogP contribution in [0.3, 0.4) is 0 Å². The van der Waals surface area contributed by atoms with Gasteiger partial charge >= 0.3 is 0 Å². The number of sulfonamides is 1. The third kappa shape index (κ3) is 3.37. The van der Waals surface area contributed by atoms with E-state index >= 15 is 0 Å². The van der Waals surface area contributed by atoms with Gasteiger partial charge in [0, 0.05) is 32.6 Å². The molecule has 0 bridgehead atoms. The van der Waals surface area contributed by atoms with Gasteiger partial charge in [0.05, 0.1) is 12.2 Å². The van der Waals surface area contributed by atoms with Crippen LogP contribution in [-0.4, -0.2) is 62.7 Å². The number of nitrogens with zero attached hydrogens (tertiary/aromatic N) is 3. The molecule has 0 saturated carbocycles. The Balaban J connectivity index is 1.67. The summed E-state index contributed by atoms with van der Waals surface area (Å²) in [6, 6.07) is 6.76. The van der Waals surface area contributed by atoms with Crippen LogP contribution in [0.5, 0.6) is 0 Å². The summed E-state index contributed by atoms with van der Waals surface area (Å²) in [6.07, 6.45) is 0.517. The lowest BCUT2D eigenvalue weighted by atomic mass is 10.2. The van der Waals surface area contributed by atoms with Crippen molar-refractivity contribution < 1.29 is 13.2 Å². The summed E-state index contributed by atoms with van der Waals surface area (Å²) in [4.78, 5) is 15.8. The minimum absolute atomic E-state index is 0.161. The molecule has 0 atom stereocenters. The maximum Gasteiger partial charge on any atom is 0.286 e. The molecule has 124 valence electrons. The average molecular weight is 336 g/mol. The van der Waals surface area contributed by atoms with Crippen LogP contribution in [-0.2, 0) is 14.8 Å². The summed E-state index contributed by atoms with van der Waals surface area (Å²) < 4.78 is 28.3. The number of carbonyl (C=O) groups excluding carboxylic acids is 1. The Kier molecular flexibility index (Phi) is 4.36. The van der Waals surface area contributed by atoms with Gasteiger partial charge in [-0.25, -0.2) is 0 Å². The molecular weight excluding hydrogens is 316 g/mol. The molecule has 0 spiro atoms. The number of benzene rings is 1. The molecule has 1 N–H and O–H groups in total. The van der Waals surface area contributed by atoms with E-state index in [1.165, 1.54) is 0 Å². The lowest BCUT2D eigenvalue weighted by Gasteiger charge is -2.35. The molecule has 1 aromatic carbocycles. The van der Waals surface area contributed by atoms with Crippen LogP contribution >= 0.6 is 0 Å². The molecule has 2 heterocycles. The Labute approximate surface area is 136 Å². The van der Waals surface area contributed by atoms with E-state index in [1.807, 2.05) is 11.8 Å². The maximum atomic E-state index is 12.2. The van der Waals surface area contributed by atoms with E-state index < -0.39 is 10.0 Å². The first-order chi connectivity index (χ1) is 11.0. The van der Waals surface area contributed by atoms with Crippen molar-refractivity contribution in [2.75, 3.05) is 38.0 Å². The van der Waals surface area contributed by atoms with E-state index in [0.29, 0.717) is 50.7 Å².